The number of amides is 1. The van der Waals surface area contributed by atoms with Gasteiger partial charge in [-0.15, -0.1) is 0 Å². The summed E-state index contributed by atoms with van der Waals surface area (Å²) < 4.78 is 1.44. The molecular weight excluding hydrogens is 354 g/mol. The minimum absolute atomic E-state index is 0.0785. The predicted octanol–water partition coefficient (Wildman–Crippen LogP) is 0.344. The lowest BCUT2D eigenvalue weighted by atomic mass is 10.2. The Bertz CT molecular complexity index is 1020. The normalized spacial score (nSPS) is 10.6. The fourth-order valence-electron chi connectivity index (χ4n) is 2.37. The average molecular weight is 368 g/mol. The summed E-state index contributed by atoms with van der Waals surface area (Å²) in [5.41, 5.74) is 0.926. The third-order valence-corrected chi connectivity index (χ3v) is 4.46. The van der Waals surface area contributed by atoms with Crippen molar-refractivity contribution in [3.05, 3.63) is 65.0 Å². The fraction of sp³-hybridized carbons (Fsp3) is 0.111. The first-order chi connectivity index (χ1) is 12.6. The maximum atomic E-state index is 12.9. The highest BCUT2D eigenvalue weighted by Gasteiger charge is 2.14. The second kappa shape index (κ2) is 7.83. The number of hydrogen-bond donors (Lipinski definition) is 1. The third-order valence-electron chi connectivity index (χ3n) is 3.52. The molecule has 0 unspecified atom stereocenters. The maximum absolute atomic E-state index is 12.9. The number of nitrogens with zero attached hydrogens (tertiary/aromatic N) is 2. The van der Waals surface area contributed by atoms with Crippen molar-refractivity contribution >= 4 is 34.5 Å². The highest BCUT2D eigenvalue weighted by molar-refractivity contribution is 7.99. The average Bonchev–Trinajstić information content (AvgIpc) is 2.65. The molecule has 0 atom stereocenters. The van der Waals surface area contributed by atoms with Gasteiger partial charge in [-0.05, 0) is 24.3 Å². The van der Waals surface area contributed by atoms with Crippen molar-refractivity contribution in [3.63, 3.8) is 0 Å². The van der Waals surface area contributed by atoms with E-state index >= 15 is 0 Å². The molecule has 0 spiro atoms. The number of carboxylic acid groups (broad SMARTS) is 1. The molecule has 8 heteroatoms. The molecule has 1 N–H and O–H groups in total. The van der Waals surface area contributed by atoms with Crippen LogP contribution in [0.5, 0.6) is 0 Å². The number of nitrogens with one attached hydrogen (secondary N) is 1. The zero-order valence-corrected chi connectivity index (χ0v) is 14.4. The van der Waals surface area contributed by atoms with Crippen LogP contribution in [0.1, 0.15) is 0 Å². The predicted molar refractivity (Wildman–Crippen MR) is 96.1 cm³/mol. The summed E-state index contributed by atoms with van der Waals surface area (Å²) in [5, 5.41) is 13.5. The summed E-state index contributed by atoms with van der Waals surface area (Å²) in [7, 11) is 0. The van der Waals surface area contributed by atoms with E-state index in [1.54, 1.807) is 48.5 Å². The second-order valence-electron chi connectivity index (χ2n) is 5.33. The number of benzene rings is 2. The molecule has 1 heterocycles. The lowest BCUT2D eigenvalue weighted by Crippen LogP contribution is -2.38. The Morgan fingerprint density at radius 2 is 1.77 bits per heavy atom. The zero-order valence-electron chi connectivity index (χ0n) is 13.5. The van der Waals surface area contributed by atoms with Crippen LogP contribution in [0.15, 0.2) is 64.5 Å². The largest absolute Gasteiger partial charge is 0.548 e. The smallest absolute Gasteiger partial charge is 0.266 e. The van der Waals surface area contributed by atoms with Crippen molar-refractivity contribution in [3.8, 4) is 5.69 Å². The standard InChI is InChI=1S/C18H15N3O4S/c22-15(19-10-16(23)24)11-26-18-20-14-9-5-4-8-13(14)17(25)21(18)12-6-2-1-3-7-12/h1-9H,10-11H2,(H,19,22)(H,23,24)/p-1. The summed E-state index contributed by atoms with van der Waals surface area (Å²) in [6.07, 6.45) is 0. The summed E-state index contributed by atoms with van der Waals surface area (Å²) >= 11 is 1.06. The van der Waals surface area contributed by atoms with Crippen molar-refractivity contribution in [2.75, 3.05) is 12.3 Å². The number of fused-ring (bicyclic) bond motifs is 1. The van der Waals surface area contributed by atoms with Gasteiger partial charge in [-0.2, -0.15) is 0 Å². The SMILES string of the molecule is O=C([O-])CNC(=O)CSc1nc2ccccc2c(=O)n1-c1ccccc1. The van der Waals surface area contributed by atoms with E-state index in [2.05, 4.69) is 10.3 Å². The number of aromatic nitrogens is 2. The number of para-hydroxylation sites is 2. The molecular formula is C18H14N3O4S-. The molecule has 0 bridgehead atoms. The van der Waals surface area contributed by atoms with Crippen molar-refractivity contribution < 1.29 is 14.7 Å². The first-order valence-corrected chi connectivity index (χ1v) is 8.71. The van der Waals surface area contributed by atoms with Gasteiger partial charge in [0.15, 0.2) is 5.16 Å². The summed E-state index contributed by atoms with van der Waals surface area (Å²) in [6.45, 7) is -0.559. The lowest BCUT2D eigenvalue weighted by Gasteiger charge is -2.13. The van der Waals surface area contributed by atoms with E-state index in [1.165, 1.54) is 4.57 Å². The van der Waals surface area contributed by atoms with E-state index in [9.17, 15) is 19.5 Å². The van der Waals surface area contributed by atoms with Gasteiger partial charge in [0, 0.05) is 0 Å². The number of carbonyl (C=O) groups is 2. The van der Waals surface area contributed by atoms with Gasteiger partial charge in [0.2, 0.25) is 5.91 Å². The molecule has 0 radical (unpaired) electrons. The molecule has 0 aliphatic carbocycles. The molecule has 26 heavy (non-hydrogen) atoms. The van der Waals surface area contributed by atoms with E-state index in [0.29, 0.717) is 21.7 Å². The summed E-state index contributed by atoms with van der Waals surface area (Å²) in [6, 6.07) is 16.0. The van der Waals surface area contributed by atoms with Crippen molar-refractivity contribution in [2.24, 2.45) is 0 Å². The number of carbonyl (C=O) groups excluding carboxylic acids is 2. The van der Waals surface area contributed by atoms with Gasteiger partial charge in [0.05, 0.1) is 34.9 Å². The zero-order chi connectivity index (χ0) is 18.5. The molecule has 0 aliphatic rings. The molecule has 2 aromatic carbocycles. The monoisotopic (exact) mass is 368 g/mol. The summed E-state index contributed by atoms with van der Waals surface area (Å²) in [4.78, 5) is 39.6. The van der Waals surface area contributed by atoms with Gasteiger partial charge in [-0.25, -0.2) is 4.98 Å². The van der Waals surface area contributed by atoms with Crippen LogP contribution in [0.4, 0.5) is 0 Å². The van der Waals surface area contributed by atoms with Crippen LogP contribution >= 0.6 is 11.8 Å². The van der Waals surface area contributed by atoms with Crippen molar-refractivity contribution in [1.82, 2.24) is 14.9 Å². The van der Waals surface area contributed by atoms with E-state index < -0.39 is 18.4 Å². The minimum Gasteiger partial charge on any atom is -0.548 e. The van der Waals surface area contributed by atoms with Gasteiger partial charge in [-0.3, -0.25) is 14.2 Å². The van der Waals surface area contributed by atoms with E-state index in [0.717, 1.165) is 11.8 Å². The molecule has 3 rings (SSSR count). The molecule has 1 amide bonds. The van der Waals surface area contributed by atoms with Gasteiger partial charge in [0.1, 0.15) is 0 Å². The number of carboxylic acids is 1. The number of rotatable bonds is 6. The van der Waals surface area contributed by atoms with Crippen molar-refractivity contribution in [1.29, 1.82) is 0 Å². The third kappa shape index (κ3) is 3.92. The number of hydrogen-bond acceptors (Lipinski definition) is 6. The Morgan fingerprint density at radius 1 is 1.08 bits per heavy atom. The molecule has 0 saturated carbocycles. The molecule has 0 aliphatic heterocycles. The van der Waals surface area contributed by atoms with Crippen LogP contribution in [0, 0.1) is 0 Å². The number of aliphatic carboxylic acids is 1. The first kappa shape index (κ1) is 17.7. The molecule has 1 aromatic heterocycles. The minimum atomic E-state index is -1.37. The highest BCUT2D eigenvalue weighted by atomic mass is 32.2. The Hall–Kier alpha value is -3.13. The Labute approximate surface area is 152 Å². The summed E-state index contributed by atoms with van der Waals surface area (Å²) in [5.74, 6) is -1.93. The van der Waals surface area contributed by atoms with Crippen LogP contribution < -0.4 is 16.0 Å². The Balaban J connectivity index is 1.99. The van der Waals surface area contributed by atoms with Crippen molar-refractivity contribution in [2.45, 2.75) is 5.16 Å². The number of thioether (sulfide) groups is 1. The fourth-order valence-corrected chi connectivity index (χ4v) is 3.21. The molecule has 0 saturated heterocycles. The van der Waals surface area contributed by atoms with Crippen LogP contribution in [-0.2, 0) is 9.59 Å². The Kier molecular flexibility index (Phi) is 5.33. The van der Waals surface area contributed by atoms with Crippen LogP contribution in [0.25, 0.3) is 16.6 Å². The molecule has 0 fully saturated rings. The van der Waals surface area contributed by atoms with Gasteiger partial charge in [0.25, 0.3) is 5.56 Å². The van der Waals surface area contributed by atoms with Gasteiger partial charge in [-0.1, -0.05) is 42.1 Å². The van der Waals surface area contributed by atoms with Gasteiger partial charge >= 0.3 is 0 Å². The van der Waals surface area contributed by atoms with Crippen LogP contribution in [0.3, 0.4) is 0 Å². The van der Waals surface area contributed by atoms with Gasteiger partial charge < -0.3 is 15.2 Å². The van der Waals surface area contributed by atoms with Crippen LogP contribution in [0.2, 0.25) is 0 Å². The maximum Gasteiger partial charge on any atom is 0.266 e. The van der Waals surface area contributed by atoms with E-state index in [1.807, 2.05) is 6.07 Å². The molecule has 132 valence electrons. The first-order valence-electron chi connectivity index (χ1n) is 7.73. The topological polar surface area (TPSA) is 104 Å². The van der Waals surface area contributed by atoms with Crippen LogP contribution in [-0.4, -0.2) is 33.7 Å². The van der Waals surface area contributed by atoms with E-state index in [-0.39, 0.29) is 11.3 Å². The Morgan fingerprint density at radius 3 is 2.50 bits per heavy atom. The lowest BCUT2D eigenvalue weighted by molar-refractivity contribution is -0.303. The quantitative estimate of drug-likeness (QED) is 0.497. The second-order valence-corrected chi connectivity index (χ2v) is 6.27. The molecule has 7 nitrogen and oxygen atoms in total. The highest BCUT2D eigenvalue weighted by Crippen LogP contribution is 2.21. The van der Waals surface area contributed by atoms with E-state index in [4.69, 9.17) is 0 Å². The molecule has 3 aromatic rings.